The van der Waals surface area contributed by atoms with Crippen LogP contribution in [0.15, 0.2) is 42.7 Å². The molecule has 0 aliphatic carbocycles. The van der Waals surface area contributed by atoms with E-state index in [1.54, 1.807) is 14.1 Å². The lowest BCUT2D eigenvalue weighted by Gasteiger charge is -2.24. The summed E-state index contributed by atoms with van der Waals surface area (Å²) in [4.78, 5) is 33.7. The lowest BCUT2D eigenvalue weighted by atomic mass is 10.2. The fourth-order valence-corrected chi connectivity index (χ4v) is 2.06. The molecule has 7 nitrogen and oxygen atoms in total. The first-order chi connectivity index (χ1) is 11.5. The summed E-state index contributed by atoms with van der Waals surface area (Å²) in [6.07, 6.45) is 3.20. The van der Waals surface area contributed by atoms with Crippen molar-refractivity contribution < 1.29 is 9.59 Å². The molecular weight excluding hydrogens is 306 g/mol. The molecule has 0 aliphatic rings. The minimum Gasteiger partial charge on any atom is -0.359 e. The minimum absolute atomic E-state index is 0.110. The van der Waals surface area contributed by atoms with Crippen LogP contribution in [-0.2, 0) is 4.79 Å². The van der Waals surface area contributed by atoms with Crippen molar-refractivity contribution in [2.45, 2.75) is 19.4 Å². The lowest BCUT2D eigenvalue weighted by Crippen LogP contribution is -2.38. The molecule has 2 aromatic rings. The molecule has 0 radical (unpaired) electrons. The number of rotatable bonds is 6. The molecule has 2 amide bonds. The normalized spacial score (nSPS) is 11.5. The maximum absolute atomic E-state index is 12.4. The Labute approximate surface area is 141 Å². The van der Waals surface area contributed by atoms with Gasteiger partial charge in [-0.25, -0.2) is 9.97 Å². The van der Waals surface area contributed by atoms with E-state index >= 15 is 0 Å². The van der Waals surface area contributed by atoms with Crippen LogP contribution in [0.5, 0.6) is 0 Å². The van der Waals surface area contributed by atoms with Gasteiger partial charge in [-0.05, 0) is 19.1 Å². The molecule has 0 bridgehead atoms. The Balaban J connectivity index is 2.01. The summed E-state index contributed by atoms with van der Waals surface area (Å²) in [5.41, 5.74) is 1.24. The van der Waals surface area contributed by atoms with E-state index in [2.05, 4.69) is 20.6 Å². The quantitative estimate of drug-likeness (QED) is 0.845. The van der Waals surface area contributed by atoms with Crippen LogP contribution in [0, 0.1) is 0 Å². The first kappa shape index (κ1) is 17.4. The Morgan fingerprint density at radius 1 is 1.17 bits per heavy atom. The molecule has 0 saturated carbocycles. The maximum atomic E-state index is 12.4. The number of carbonyl (C=O) groups excluding carboxylic acids is 2. The van der Waals surface area contributed by atoms with Crippen molar-refractivity contribution in [3.8, 4) is 0 Å². The van der Waals surface area contributed by atoms with Gasteiger partial charge in [0.2, 0.25) is 11.9 Å². The highest BCUT2D eigenvalue weighted by Crippen LogP contribution is 2.13. The zero-order valence-corrected chi connectivity index (χ0v) is 14.0. The van der Waals surface area contributed by atoms with Gasteiger partial charge in [-0.3, -0.25) is 9.59 Å². The fourth-order valence-electron chi connectivity index (χ4n) is 2.06. The number of anilines is 2. The van der Waals surface area contributed by atoms with E-state index in [1.807, 2.05) is 37.3 Å². The first-order valence-electron chi connectivity index (χ1n) is 7.63. The summed E-state index contributed by atoms with van der Waals surface area (Å²) < 4.78 is 0. The third-order valence-electron chi connectivity index (χ3n) is 3.67. The number of carbonyl (C=O) groups is 2. The molecule has 2 N–H and O–H groups in total. The number of para-hydroxylation sites is 1. The largest absolute Gasteiger partial charge is 0.359 e. The zero-order valence-electron chi connectivity index (χ0n) is 14.0. The van der Waals surface area contributed by atoms with E-state index in [-0.39, 0.29) is 24.3 Å². The van der Waals surface area contributed by atoms with E-state index < -0.39 is 0 Å². The Hall–Kier alpha value is -2.96. The van der Waals surface area contributed by atoms with Crippen molar-refractivity contribution in [1.82, 2.24) is 20.2 Å². The predicted molar refractivity (Wildman–Crippen MR) is 92.0 cm³/mol. The van der Waals surface area contributed by atoms with Crippen molar-refractivity contribution >= 4 is 23.5 Å². The Morgan fingerprint density at radius 2 is 1.79 bits per heavy atom. The number of benzene rings is 1. The van der Waals surface area contributed by atoms with Gasteiger partial charge in [0.25, 0.3) is 5.91 Å². The molecule has 0 aliphatic heterocycles. The number of amides is 2. The Morgan fingerprint density at radius 3 is 2.38 bits per heavy atom. The van der Waals surface area contributed by atoms with Gasteiger partial charge in [-0.2, -0.15) is 0 Å². The molecule has 126 valence electrons. The van der Waals surface area contributed by atoms with E-state index in [0.29, 0.717) is 11.5 Å². The first-order valence-corrected chi connectivity index (χ1v) is 7.63. The van der Waals surface area contributed by atoms with Crippen molar-refractivity contribution in [3.05, 3.63) is 48.3 Å². The summed E-state index contributed by atoms with van der Waals surface area (Å²) in [6.45, 7) is 1.82. The highest BCUT2D eigenvalue weighted by molar-refractivity contribution is 5.94. The van der Waals surface area contributed by atoms with Crippen molar-refractivity contribution in [1.29, 1.82) is 0 Å². The van der Waals surface area contributed by atoms with Crippen molar-refractivity contribution in [2.24, 2.45) is 0 Å². The zero-order chi connectivity index (χ0) is 17.5. The van der Waals surface area contributed by atoms with Gasteiger partial charge in [-0.15, -0.1) is 0 Å². The van der Waals surface area contributed by atoms with Crippen LogP contribution in [0.25, 0.3) is 0 Å². The molecule has 0 spiro atoms. The van der Waals surface area contributed by atoms with Gasteiger partial charge in [0, 0.05) is 44.6 Å². The summed E-state index contributed by atoms with van der Waals surface area (Å²) >= 11 is 0. The second-order valence-electron chi connectivity index (χ2n) is 5.43. The van der Waals surface area contributed by atoms with Gasteiger partial charge in [0.15, 0.2) is 0 Å². The van der Waals surface area contributed by atoms with Gasteiger partial charge < -0.3 is 15.5 Å². The van der Waals surface area contributed by atoms with Crippen LogP contribution < -0.4 is 10.6 Å². The van der Waals surface area contributed by atoms with Crippen LogP contribution in [0.2, 0.25) is 0 Å². The molecule has 1 aromatic carbocycles. The lowest BCUT2D eigenvalue weighted by molar-refractivity contribution is -0.121. The fraction of sp³-hybridized carbons (Fsp3) is 0.294. The predicted octanol–water partition coefficient (Wildman–Crippen LogP) is 1.82. The number of hydrogen-bond acceptors (Lipinski definition) is 5. The van der Waals surface area contributed by atoms with Crippen LogP contribution in [0.3, 0.4) is 0 Å². The Kier molecular flexibility index (Phi) is 5.83. The summed E-state index contributed by atoms with van der Waals surface area (Å²) in [7, 11) is 3.23. The van der Waals surface area contributed by atoms with E-state index in [0.717, 1.165) is 5.69 Å². The third kappa shape index (κ3) is 4.52. The Bertz CT molecular complexity index is 688. The molecule has 0 fully saturated rings. The van der Waals surface area contributed by atoms with E-state index in [1.165, 1.54) is 17.3 Å². The second kappa shape index (κ2) is 8.05. The molecule has 1 heterocycles. The third-order valence-corrected chi connectivity index (χ3v) is 3.67. The van der Waals surface area contributed by atoms with Crippen LogP contribution in [0.1, 0.15) is 23.7 Å². The van der Waals surface area contributed by atoms with Gasteiger partial charge in [0.1, 0.15) is 0 Å². The van der Waals surface area contributed by atoms with Gasteiger partial charge in [0.05, 0.1) is 5.56 Å². The maximum Gasteiger partial charge on any atom is 0.256 e. The molecule has 7 heteroatoms. The molecular formula is C17H21N5O2. The SMILES string of the molecule is CNC(=O)CC(C)N(C)C(=O)c1cnc(Nc2ccccc2)nc1. The van der Waals surface area contributed by atoms with Crippen molar-refractivity contribution in [3.63, 3.8) is 0 Å². The monoisotopic (exact) mass is 327 g/mol. The van der Waals surface area contributed by atoms with Crippen molar-refractivity contribution in [2.75, 3.05) is 19.4 Å². The van der Waals surface area contributed by atoms with Crippen LogP contribution in [-0.4, -0.2) is 46.8 Å². The number of aromatic nitrogens is 2. The van der Waals surface area contributed by atoms with Gasteiger partial charge in [-0.1, -0.05) is 18.2 Å². The number of nitrogens with zero attached hydrogens (tertiary/aromatic N) is 3. The van der Waals surface area contributed by atoms with Crippen LogP contribution in [0.4, 0.5) is 11.6 Å². The molecule has 1 aromatic heterocycles. The average Bonchev–Trinajstić information content (AvgIpc) is 2.61. The smallest absolute Gasteiger partial charge is 0.256 e. The average molecular weight is 327 g/mol. The number of nitrogens with one attached hydrogen (secondary N) is 2. The summed E-state index contributed by atoms with van der Waals surface area (Å²) in [6, 6.07) is 9.31. The van der Waals surface area contributed by atoms with E-state index in [9.17, 15) is 9.59 Å². The summed E-state index contributed by atoms with van der Waals surface area (Å²) in [5.74, 6) is 0.0808. The number of hydrogen-bond donors (Lipinski definition) is 2. The van der Waals surface area contributed by atoms with Crippen LogP contribution >= 0.6 is 0 Å². The van der Waals surface area contributed by atoms with Gasteiger partial charge >= 0.3 is 0 Å². The molecule has 1 unspecified atom stereocenters. The summed E-state index contributed by atoms with van der Waals surface area (Å²) in [5, 5.41) is 5.61. The highest BCUT2D eigenvalue weighted by Gasteiger charge is 2.20. The highest BCUT2D eigenvalue weighted by atomic mass is 16.2. The second-order valence-corrected chi connectivity index (χ2v) is 5.43. The molecule has 2 rings (SSSR count). The molecule has 24 heavy (non-hydrogen) atoms. The van der Waals surface area contributed by atoms with E-state index in [4.69, 9.17) is 0 Å². The molecule has 1 atom stereocenters. The molecule has 0 saturated heterocycles. The standard InChI is InChI=1S/C17H21N5O2/c1-12(9-15(23)18-2)22(3)16(24)13-10-19-17(20-11-13)21-14-7-5-4-6-8-14/h4-8,10-12H,9H2,1-3H3,(H,18,23)(H,19,20,21). The topological polar surface area (TPSA) is 87.2 Å². The minimum atomic E-state index is -0.224.